The van der Waals surface area contributed by atoms with Gasteiger partial charge in [-0.1, -0.05) is 24.3 Å². The van der Waals surface area contributed by atoms with Crippen LogP contribution in [0.2, 0.25) is 0 Å². The van der Waals surface area contributed by atoms with Gasteiger partial charge in [0, 0.05) is 31.8 Å². The Labute approximate surface area is 169 Å². The number of carbonyl (C=O) groups is 2. The SMILES string of the molecule is CNC(=O)c1cnc(C)nc1CCNC(=O)c1cccc(Oc2ccccc2)c1. The molecule has 0 saturated heterocycles. The van der Waals surface area contributed by atoms with Crippen LogP contribution in [-0.4, -0.2) is 35.4 Å². The molecule has 0 unspecified atom stereocenters. The van der Waals surface area contributed by atoms with E-state index in [0.717, 1.165) is 0 Å². The van der Waals surface area contributed by atoms with Crippen molar-refractivity contribution in [2.75, 3.05) is 13.6 Å². The first-order chi connectivity index (χ1) is 14.1. The van der Waals surface area contributed by atoms with Crippen LogP contribution < -0.4 is 15.4 Å². The molecule has 0 fully saturated rings. The van der Waals surface area contributed by atoms with Crippen molar-refractivity contribution in [3.63, 3.8) is 0 Å². The molecule has 0 bridgehead atoms. The van der Waals surface area contributed by atoms with E-state index in [0.29, 0.717) is 47.1 Å². The van der Waals surface area contributed by atoms with Gasteiger partial charge >= 0.3 is 0 Å². The Kier molecular flexibility index (Phi) is 6.52. The maximum absolute atomic E-state index is 12.5. The van der Waals surface area contributed by atoms with E-state index in [4.69, 9.17) is 4.74 Å². The summed E-state index contributed by atoms with van der Waals surface area (Å²) in [5.74, 6) is 1.38. The van der Waals surface area contributed by atoms with Gasteiger partial charge in [-0.25, -0.2) is 9.97 Å². The zero-order valence-corrected chi connectivity index (χ0v) is 16.3. The van der Waals surface area contributed by atoms with Gasteiger partial charge in [0.1, 0.15) is 17.3 Å². The van der Waals surface area contributed by atoms with E-state index in [1.807, 2.05) is 30.3 Å². The lowest BCUT2D eigenvalue weighted by Gasteiger charge is -2.10. The summed E-state index contributed by atoms with van der Waals surface area (Å²) >= 11 is 0. The highest BCUT2D eigenvalue weighted by molar-refractivity contribution is 5.95. The van der Waals surface area contributed by atoms with Crippen LogP contribution in [0.5, 0.6) is 11.5 Å². The summed E-state index contributed by atoms with van der Waals surface area (Å²) in [5.41, 5.74) is 1.49. The second-order valence-electron chi connectivity index (χ2n) is 6.31. The normalized spacial score (nSPS) is 10.3. The third-order valence-corrected chi connectivity index (χ3v) is 4.18. The van der Waals surface area contributed by atoms with E-state index in [2.05, 4.69) is 20.6 Å². The Morgan fingerprint density at radius 3 is 2.52 bits per heavy atom. The van der Waals surface area contributed by atoms with E-state index in [-0.39, 0.29) is 11.8 Å². The zero-order chi connectivity index (χ0) is 20.6. The van der Waals surface area contributed by atoms with E-state index in [9.17, 15) is 9.59 Å². The Morgan fingerprint density at radius 2 is 1.76 bits per heavy atom. The molecule has 0 aliphatic carbocycles. The van der Waals surface area contributed by atoms with Crippen molar-refractivity contribution < 1.29 is 14.3 Å². The molecule has 0 aliphatic rings. The van der Waals surface area contributed by atoms with Crippen LogP contribution in [0.25, 0.3) is 0 Å². The number of rotatable bonds is 7. The third kappa shape index (κ3) is 5.38. The summed E-state index contributed by atoms with van der Waals surface area (Å²) in [6.07, 6.45) is 1.92. The lowest BCUT2D eigenvalue weighted by Crippen LogP contribution is -2.27. The van der Waals surface area contributed by atoms with Gasteiger partial charge in [-0.3, -0.25) is 9.59 Å². The molecule has 7 heteroatoms. The van der Waals surface area contributed by atoms with Crippen molar-refractivity contribution >= 4 is 11.8 Å². The number of aromatic nitrogens is 2. The fourth-order valence-electron chi connectivity index (χ4n) is 2.75. The molecule has 3 aromatic rings. The predicted octanol–water partition coefficient (Wildman–Crippen LogP) is 2.91. The summed E-state index contributed by atoms with van der Waals surface area (Å²) in [6.45, 7) is 2.09. The molecule has 1 heterocycles. The number of ether oxygens (including phenoxy) is 1. The molecule has 0 aliphatic heterocycles. The molecule has 0 radical (unpaired) electrons. The van der Waals surface area contributed by atoms with Gasteiger partial charge < -0.3 is 15.4 Å². The van der Waals surface area contributed by atoms with E-state index < -0.39 is 0 Å². The van der Waals surface area contributed by atoms with Crippen LogP contribution in [0.3, 0.4) is 0 Å². The molecule has 7 nitrogen and oxygen atoms in total. The fourth-order valence-corrected chi connectivity index (χ4v) is 2.75. The highest BCUT2D eigenvalue weighted by Gasteiger charge is 2.13. The van der Waals surface area contributed by atoms with Gasteiger partial charge in [-0.05, 0) is 37.3 Å². The highest BCUT2D eigenvalue weighted by Crippen LogP contribution is 2.21. The van der Waals surface area contributed by atoms with Crippen LogP contribution in [0.4, 0.5) is 0 Å². The maximum atomic E-state index is 12.5. The average molecular weight is 390 g/mol. The molecule has 0 saturated carbocycles. The van der Waals surface area contributed by atoms with Gasteiger partial charge in [-0.2, -0.15) is 0 Å². The standard InChI is InChI=1S/C22H22N4O3/c1-15-25-14-19(22(28)23-2)20(26-15)11-12-24-21(27)16-7-6-10-18(13-16)29-17-8-4-3-5-9-17/h3-10,13-14H,11-12H2,1-2H3,(H,23,28)(H,24,27). The number of nitrogens with one attached hydrogen (secondary N) is 2. The number of hydrogen-bond acceptors (Lipinski definition) is 5. The number of carbonyl (C=O) groups excluding carboxylic acids is 2. The van der Waals surface area contributed by atoms with Crippen LogP contribution in [-0.2, 0) is 6.42 Å². The first-order valence-corrected chi connectivity index (χ1v) is 9.22. The molecule has 2 amide bonds. The average Bonchev–Trinajstić information content (AvgIpc) is 2.74. The van der Waals surface area contributed by atoms with E-state index >= 15 is 0 Å². The van der Waals surface area contributed by atoms with Crippen molar-refractivity contribution in [3.8, 4) is 11.5 Å². The number of hydrogen-bond donors (Lipinski definition) is 2. The lowest BCUT2D eigenvalue weighted by atomic mass is 10.1. The summed E-state index contributed by atoms with van der Waals surface area (Å²) in [7, 11) is 1.55. The molecule has 0 atom stereocenters. The van der Waals surface area contributed by atoms with Gasteiger partial charge in [0.2, 0.25) is 0 Å². The second-order valence-corrected chi connectivity index (χ2v) is 6.31. The first kappa shape index (κ1) is 20.0. The quantitative estimate of drug-likeness (QED) is 0.647. The third-order valence-electron chi connectivity index (χ3n) is 4.18. The molecule has 2 aromatic carbocycles. The molecular formula is C22H22N4O3. The van der Waals surface area contributed by atoms with Crippen LogP contribution >= 0.6 is 0 Å². The lowest BCUT2D eigenvalue weighted by molar-refractivity contribution is 0.0951. The summed E-state index contributed by atoms with van der Waals surface area (Å²) in [4.78, 5) is 32.9. The molecule has 1 aromatic heterocycles. The van der Waals surface area contributed by atoms with Crippen LogP contribution in [0.15, 0.2) is 60.8 Å². The second kappa shape index (κ2) is 9.45. The number of aryl methyl sites for hydroxylation is 1. The minimum atomic E-state index is -0.253. The van der Waals surface area contributed by atoms with Crippen molar-refractivity contribution in [1.29, 1.82) is 0 Å². The number of benzene rings is 2. The number of nitrogens with zero attached hydrogens (tertiary/aromatic N) is 2. The summed E-state index contributed by atoms with van der Waals surface area (Å²) < 4.78 is 5.77. The van der Waals surface area contributed by atoms with Crippen LogP contribution in [0, 0.1) is 6.92 Å². The predicted molar refractivity (Wildman–Crippen MR) is 109 cm³/mol. The minimum Gasteiger partial charge on any atom is -0.457 e. The molecule has 3 rings (SSSR count). The first-order valence-electron chi connectivity index (χ1n) is 9.22. The van der Waals surface area contributed by atoms with Crippen molar-refractivity contribution in [2.24, 2.45) is 0 Å². The fraction of sp³-hybridized carbons (Fsp3) is 0.182. The Balaban J connectivity index is 1.62. The van der Waals surface area contributed by atoms with Gasteiger partial charge in [0.25, 0.3) is 11.8 Å². The number of amides is 2. The topological polar surface area (TPSA) is 93.2 Å². The largest absolute Gasteiger partial charge is 0.457 e. The highest BCUT2D eigenvalue weighted by atomic mass is 16.5. The summed E-state index contributed by atoms with van der Waals surface area (Å²) in [5, 5.41) is 5.43. The summed E-state index contributed by atoms with van der Waals surface area (Å²) in [6, 6.07) is 16.3. The zero-order valence-electron chi connectivity index (χ0n) is 16.3. The Bertz CT molecular complexity index is 1010. The molecule has 148 valence electrons. The van der Waals surface area contributed by atoms with Gasteiger partial charge in [-0.15, -0.1) is 0 Å². The van der Waals surface area contributed by atoms with Gasteiger partial charge in [0.15, 0.2) is 0 Å². The molecule has 2 N–H and O–H groups in total. The van der Waals surface area contributed by atoms with E-state index in [1.54, 1.807) is 38.2 Å². The van der Waals surface area contributed by atoms with Gasteiger partial charge in [0.05, 0.1) is 11.3 Å². The molecule has 29 heavy (non-hydrogen) atoms. The monoisotopic (exact) mass is 390 g/mol. The van der Waals surface area contributed by atoms with Crippen LogP contribution in [0.1, 0.15) is 32.2 Å². The minimum absolute atomic E-state index is 0.226. The molecular weight excluding hydrogens is 368 g/mol. The van der Waals surface area contributed by atoms with E-state index in [1.165, 1.54) is 6.20 Å². The number of para-hydroxylation sites is 1. The van der Waals surface area contributed by atoms with Crippen molar-refractivity contribution in [3.05, 3.63) is 83.4 Å². The Morgan fingerprint density at radius 1 is 1.00 bits per heavy atom. The van der Waals surface area contributed by atoms with Crippen molar-refractivity contribution in [1.82, 2.24) is 20.6 Å². The Hall–Kier alpha value is -3.74. The smallest absolute Gasteiger partial charge is 0.254 e. The molecule has 0 spiro atoms. The van der Waals surface area contributed by atoms with Crippen molar-refractivity contribution in [2.45, 2.75) is 13.3 Å². The maximum Gasteiger partial charge on any atom is 0.254 e.